The number of amides is 2. The number of aldehydes is 1. The van der Waals surface area contributed by atoms with Crippen LogP contribution >= 0.6 is 11.3 Å². The second-order valence-corrected chi connectivity index (χ2v) is 11.0. The van der Waals surface area contributed by atoms with E-state index in [2.05, 4.69) is 15.5 Å². The SMILES string of the molecule is Cc1ncc(-c2ccc(C(C)NC(=O)[C@@H]3C[C@@H](O)CN3C(=O)C(c3cc(OCC=O)no3)C(C)C)cc2)s1. The zero-order valence-electron chi connectivity index (χ0n) is 21.8. The van der Waals surface area contributed by atoms with E-state index in [0.717, 1.165) is 21.0 Å². The predicted octanol–water partition coefficient (Wildman–Crippen LogP) is 3.26. The van der Waals surface area contributed by atoms with Crippen molar-refractivity contribution in [2.75, 3.05) is 13.2 Å². The van der Waals surface area contributed by atoms with Crippen LogP contribution in [0.4, 0.5) is 0 Å². The van der Waals surface area contributed by atoms with Crippen molar-refractivity contribution in [3.63, 3.8) is 0 Å². The molecule has 38 heavy (non-hydrogen) atoms. The van der Waals surface area contributed by atoms with E-state index in [9.17, 15) is 19.5 Å². The molecule has 2 unspecified atom stereocenters. The van der Waals surface area contributed by atoms with E-state index >= 15 is 0 Å². The average Bonchev–Trinajstić information content (AvgIpc) is 3.62. The van der Waals surface area contributed by atoms with Gasteiger partial charge in [-0.3, -0.25) is 14.4 Å². The summed E-state index contributed by atoms with van der Waals surface area (Å²) in [6.07, 6.45) is 1.76. The molecule has 3 aromatic rings. The molecule has 2 amide bonds. The van der Waals surface area contributed by atoms with Crippen molar-refractivity contribution in [2.45, 2.75) is 58.2 Å². The van der Waals surface area contributed by atoms with Crippen LogP contribution in [0.3, 0.4) is 0 Å². The molecule has 1 aliphatic heterocycles. The molecule has 1 fully saturated rings. The molecule has 2 N–H and O–H groups in total. The number of carbonyl (C=O) groups is 3. The Balaban J connectivity index is 1.46. The van der Waals surface area contributed by atoms with Gasteiger partial charge < -0.3 is 24.6 Å². The molecule has 3 heterocycles. The number of aromatic nitrogens is 2. The van der Waals surface area contributed by atoms with Crippen LogP contribution in [-0.4, -0.2) is 63.5 Å². The van der Waals surface area contributed by atoms with E-state index in [1.807, 2.05) is 58.2 Å². The second kappa shape index (κ2) is 11.9. The highest BCUT2D eigenvalue weighted by molar-refractivity contribution is 7.15. The predicted molar refractivity (Wildman–Crippen MR) is 141 cm³/mol. The second-order valence-electron chi connectivity index (χ2n) is 9.76. The molecular formula is C27H32N4O6S. The van der Waals surface area contributed by atoms with Crippen LogP contribution in [-0.2, 0) is 14.4 Å². The van der Waals surface area contributed by atoms with Crippen LogP contribution in [0.1, 0.15) is 55.5 Å². The van der Waals surface area contributed by atoms with Gasteiger partial charge >= 0.3 is 0 Å². The molecular weight excluding hydrogens is 508 g/mol. The third kappa shape index (κ3) is 6.11. The smallest absolute Gasteiger partial charge is 0.254 e. The molecule has 11 heteroatoms. The zero-order chi connectivity index (χ0) is 27.4. The molecule has 10 nitrogen and oxygen atoms in total. The maximum Gasteiger partial charge on any atom is 0.254 e. The van der Waals surface area contributed by atoms with Crippen molar-refractivity contribution >= 4 is 29.4 Å². The van der Waals surface area contributed by atoms with Crippen molar-refractivity contribution in [3.8, 4) is 16.3 Å². The largest absolute Gasteiger partial charge is 0.468 e. The fraction of sp³-hybridized carbons (Fsp3) is 0.444. The fourth-order valence-corrected chi connectivity index (χ4v) is 5.43. The topological polar surface area (TPSA) is 135 Å². The summed E-state index contributed by atoms with van der Waals surface area (Å²) >= 11 is 1.62. The number of aryl methyl sites for hydroxylation is 1. The number of nitrogens with zero attached hydrogens (tertiary/aromatic N) is 3. The number of benzene rings is 1. The number of β-amino-alcohol motifs (C(OH)–C–C–N with tert-alkyl or cyclic N) is 1. The van der Waals surface area contributed by atoms with Gasteiger partial charge in [0.2, 0.25) is 11.8 Å². The fourth-order valence-electron chi connectivity index (χ4n) is 4.65. The molecule has 0 aliphatic carbocycles. The number of nitrogens with one attached hydrogen (secondary N) is 1. The van der Waals surface area contributed by atoms with Crippen molar-refractivity contribution in [1.82, 2.24) is 20.4 Å². The van der Waals surface area contributed by atoms with E-state index in [4.69, 9.17) is 9.26 Å². The average molecular weight is 541 g/mol. The quantitative estimate of drug-likeness (QED) is 0.374. The first-order valence-corrected chi connectivity index (χ1v) is 13.3. The Labute approximate surface area is 225 Å². The van der Waals surface area contributed by atoms with Crippen LogP contribution < -0.4 is 10.1 Å². The first-order chi connectivity index (χ1) is 18.2. The minimum atomic E-state index is -0.825. The lowest BCUT2D eigenvalue weighted by molar-refractivity contribution is -0.141. The maximum absolute atomic E-state index is 13.6. The summed E-state index contributed by atoms with van der Waals surface area (Å²) < 4.78 is 10.5. The summed E-state index contributed by atoms with van der Waals surface area (Å²) in [6.45, 7) is 7.42. The number of ether oxygens (including phenoxy) is 1. The van der Waals surface area contributed by atoms with Crippen molar-refractivity contribution in [2.24, 2.45) is 5.92 Å². The van der Waals surface area contributed by atoms with Gasteiger partial charge in [-0.2, -0.15) is 0 Å². The van der Waals surface area contributed by atoms with Gasteiger partial charge in [0.05, 0.1) is 22.0 Å². The van der Waals surface area contributed by atoms with E-state index in [1.165, 1.54) is 11.0 Å². The molecule has 1 saturated heterocycles. The van der Waals surface area contributed by atoms with E-state index in [0.29, 0.717) is 6.29 Å². The van der Waals surface area contributed by atoms with Crippen molar-refractivity contribution < 1.29 is 28.8 Å². The number of rotatable bonds is 10. The van der Waals surface area contributed by atoms with Crippen LogP contribution in [0.2, 0.25) is 0 Å². The first kappa shape index (κ1) is 27.5. The summed E-state index contributed by atoms with van der Waals surface area (Å²) in [6, 6.07) is 8.27. The minimum absolute atomic E-state index is 0.0418. The standard InChI is InChI=1S/C27H32N4O6S/c1-15(2)25(22-12-24(30-37-22)36-10-9-32)27(35)31-14-20(33)11-21(31)26(34)29-16(3)18-5-7-19(8-6-18)23-13-28-17(4)38-23/h5-9,12-13,15-16,20-21,25,33H,10-11,14H2,1-4H3,(H,29,34)/t16?,20-,21+,25?/m1/s1. The first-order valence-electron chi connectivity index (χ1n) is 12.5. The zero-order valence-corrected chi connectivity index (χ0v) is 22.6. The van der Waals surface area contributed by atoms with Gasteiger partial charge in [-0.1, -0.05) is 38.1 Å². The van der Waals surface area contributed by atoms with Crippen LogP contribution in [0.15, 0.2) is 41.1 Å². The summed E-state index contributed by atoms with van der Waals surface area (Å²) in [5.74, 6) is -1.22. The minimum Gasteiger partial charge on any atom is -0.468 e. The van der Waals surface area contributed by atoms with Crippen LogP contribution in [0, 0.1) is 12.8 Å². The number of aliphatic hydroxyl groups is 1. The highest BCUT2D eigenvalue weighted by Crippen LogP contribution is 2.33. The number of hydrogen-bond donors (Lipinski definition) is 2. The maximum atomic E-state index is 13.6. The van der Waals surface area contributed by atoms with Gasteiger partial charge in [-0.15, -0.1) is 11.3 Å². The summed E-state index contributed by atoms with van der Waals surface area (Å²) in [4.78, 5) is 44.3. The lowest BCUT2D eigenvalue weighted by Gasteiger charge is -2.29. The Morgan fingerprint density at radius 1 is 1.29 bits per heavy atom. The Morgan fingerprint density at radius 2 is 2.03 bits per heavy atom. The number of thiazole rings is 1. The molecule has 1 aromatic carbocycles. The summed E-state index contributed by atoms with van der Waals surface area (Å²) in [7, 11) is 0. The number of likely N-dealkylation sites (tertiary alicyclic amines) is 1. The van der Waals surface area contributed by atoms with Crippen molar-refractivity contribution in [3.05, 3.63) is 52.9 Å². The van der Waals surface area contributed by atoms with E-state index in [1.54, 1.807) is 11.3 Å². The highest BCUT2D eigenvalue weighted by atomic mass is 32.1. The van der Waals surface area contributed by atoms with Gasteiger partial charge in [0, 0.05) is 25.2 Å². The monoisotopic (exact) mass is 540 g/mol. The molecule has 2 aromatic heterocycles. The Morgan fingerprint density at radius 3 is 2.66 bits per heavy atom. The lowest BCUT2D eigenvalue weighted by atomic mass is 9.91. The molecule has 4 atom stereocenters. The molecule has 0 radical (unpaired) electrons. The summed E-state index contributed by atoms with van der Waals surface area (Å²) in [5, 5.41) is 18.2. The Bertz CT molecular complexity index is 1270. The summed E-state index contributed by atoms with van der Waals surface area (Å²) in [5.41, 5.74) is 1.98. The van der Waals surface area contributed by atoms with Gasteiger partial charge in [0.15, 0.2) is 12.0 Å². The highest BCUT2D eigenvalue weighted by Gasteiger charge is 2.43. The normalized spacial score (nSPS) is 18.8. The lowest BCUT2D eigenvalue weighted by Crippen LogP contribution is -2.48. The number of hydrogen-bond acceptors (Lipinski definition) is 9. The number of carbonyl (C=O) groups excluding carboxylic acids is 3. The molecule has 0 bridgehead atoms. The molecule has 4 rings (SSSR count). The van der Waals surface area contributed by atoms with Gasteiger partial charge in [0.25, 0.3) is 5.88 Å². The van der Waals surface area contributed by atoms with Crippen LogP contribution in [0.25, 0.3) is 10.4 Å². The Kier molecular flexibility index (Phi) is 8.58. The molecule has 202 valence electrons. The van der Waals surface area contributed by atoms with Gasteiger partial charge in [-0.05, 0) is 36.0 Å². The molecule has 0 saturated carbocycles. The van der Waals surface area contributed by atoms with E-state index < -0.39 is 18.1 Å². The van der Waals surface area contributed by atoms with E-state index in [-0.39, 0.29) is 55.0 Å². The third-order valence-electron chi connectivity index (χ3n) is 6.59. The van der Waals surface area contributed by atoms with Gasteiger partial charge in [0.1, 0.15) is 18.6 Å². The number of aliphatic hydroxyl groups excluding tert-OH is 1. The van der Waals surface area contributed by atoms with Crippen molar-refractivity contribution in [1.29, 1.82) is 0 Å². The molecule has 0 spiro atoms. The molecule has 1 aliphatic rings. The third-order valence-corrected chi connectivity index (χ3v) is 7.55. The van der Waals surface area contributed by atoms with Crippen LogP contribution in [0.5, 0.6) is 5.88 Å². The van der Waals surface area contributed by atoms with Gasteiger partial charge in [-0.25, -0.2) is 4.98 Å². The Hall–Kier alpha value is -3.57.